The molecule has 3 N–H and O–H groups in total. The molecule has 0 saturated carbocycles. The first-order chi connectivity index (χ1) is 9.79. The number of hydrogen-bond donors (Lipinski definition) is 2. The summed E-state index contributed by atoms with van der Waals surface area (Å²) in [5.41, 5.74) is 5.90. The summed E-state index contributed by atoms with van der Waals surface area (Å²) >= 11 is 1.30. The van der Waals surface area contributed by atoms with E-state index in [1.54, 1.807) is 12.3 Å². The Morgan fingerprint density at radius 3 is 2.76 bits per heavy atom. The lowest BCUT2D eigenvalue weighted by Gasteiger charge is -2.06. The minimum atomic E-state index is -4.05. The molecule has 0 spiro atoms. The number of nitro groups is 1. The number of nitrogens with one attached hydrogen (secondary N) is 1. The number of nitrogens with two attached hydrogens (primary N) is 1. The summed E-state index contributed by atoms with van der Waals surface area (Å²) in [6.45, 7) is 1.75. The lowest BCUT2D eigenvalue weighted by molar-refractivity contribution is -0.387. The predicted molar refractivity (Wildman–Crippen MR) is 78.4 cm³/mol. The quantitative estimate of drug-likeness (QED) is 0.485. The fourth-order valence-electron chi connectivity index (χ4n) is 1.62. The molecular formula is C11H12N4O4S2. The van der Waals surface area contributed by atoms with Gasteiger partial charge in [-0.3, -0.25) is 10.1 Å². The molecule has 0 fully saturated rings. The van der Waals surface area contributed by atoms with E-state index in [2.05, 4.69) is 9.71 Å². The molecule has 1 aromatic heterocycles. The Balaban J connectivity index is 2.31. The van der Waals surface area contributed by atoms with E-state index in [9.17, 15) is 18.5 Å². The minimum Gasteiger partial charge on any atom is -0.399 e. The third-order valence-corrected chi connectivity index (χ3v) is 4.95. The van der Waals surface area contributed by atoms with E-state index in [0.717, 1.165) is 17.8 Å². The predicted octanol–water partition coefficient (Wildman–Crippen LogP) is 1.42. The van der Waals surface area contributed by atoms with Gasteiger partial charge in [0.1, 0.15) is 5.01 Å². The van der Waals surface area contributed by atoms with Crippen LogP contribution < -0.4 is 10.5 Å². The first kappa shape index (κ1) is 15.4. The van der Waals surface area contributed by atoms with Crippen molar-refractivity contribution in [2.24, 2.45) is 0 Å². The zero-order valence-electron chi connectivity index (χ0n) is 10.9. The summed E-state index contributed by atoms with van der Waals surface area (Å²) in [6, 6.07) is 3.41. The van der Waals surface area contributed by atoms with Gasteiger partial charge in [-0.1, -0.05) is 0 Å². The van der Waals surface area contributed by atoms with Crippen molar-refractivity contribution in [1.29, 1.82) is 0 Å². The fourth-order valence-corrected chi connectivity index (χ4v) is 3.61. The van der Waals surface area contributed by atoms with E-state index in [4.69, 9.17) is 5.73 Å². The van der Waals surface area contributed by atoms with Crippen molar-refractivity contribution in [3.05, 3.63) is 44.4 Å². The zero-order chi connectivity index (χ0) is 15.6. The first-order valence-electron chi connectivity index (χ1n) is 5.74. The third-order valence-electron chi connectivity index (χ3n) is 2.55. The zero-order valence-corrected chi connectivity index (χ0v) is 12.6. The number of benzene rings is 1. The Labute approximate surface area is 124 Å². The van der Waals surface area contributed by atoms with Crippen LogP contribution in [0.3, 0.4) is 0 Å². The number of aryl methyl sites for hydroxylation is 1. The molecule has 2 rings (SSSR count). The molecule has 112 valence electrons. The van der Waals surface area contributed by atoms with Crippen LogP contribution in [0.25, 0.3) is 0 Å². The highest BCUT2D eigenvalue weighted by Gasteiger charge is 2.26. The summed E-state index contributed by atoms with van der Waals surface area (Å²) in [4.78, 5) is 13.8. The summed E-state index contributed by atoms with van der Waals surface area (Å²) in [5.74, 6) is 0. The molecule has 1 aromatic carbocycles. The summed E-state index contributed by atoms with van der Waals surface area (Å²) in [7, 11) is -4.05. The molecule has 0 saturated heterocycles. The van der Waals surface area contributed by atoms with Crippen molar-refractivity contribution in [2.45, 2.75) is 18.4 Å². The fraction of sp³-hybridized carbons (Fsp3) is 0.182. The molecule has 2 aromatic rings. The maximum Gasteiger partial charge on any atom is 0.289 e. The Hall–Kier alpha value is -2.04. The Morgan fingerprint density at radius 1 is 1.48 bits per heavy atom. The molecule has 0 radical (unpaired) electrons. The molecule has 0 aliphatic rings. The number of rotatable bonds is 5. The average Bonchev–Trinajstić information content (AvgIpc) is 2.82. The largest absolute Gasteiger partial charge is 0.399 e. The van der Waals surface area contributed by atoms with Gasteiger partial charge in [0.05, 0.1) is 11.5 Å². The Bertz CT molecular complexity index is 785. The molecule has 0 bridgehead atoms. The molecule has 0 aliphatic carbocycles. The molecule has 8 nitrogen and oxygen atoms in total. The lowest BCUT2D eigenvalue weighted by atomic mass is 10.3. The smallest absolute Gasteiger partial charge is 0.289 e. The van der Waals surface area contributed by atoms with Crippen LogP contribution in [-0.4, -0.2) is 18.3 Å². The van der Waals surface area contributed by atoms with Crippen LogP contribution in [0.1, 0.15) is 10.7 Å². The Morgan fingerprint density at radius 2 is 2.19 bits per heavy atom. The second kappa shape index (κ2) is 5.76. The lowest BCUT2D eigenvalue weighted by Crippen LogP contribution is -2.24. The summed E-state index contributed by atoms with van der Waals surface area (Å²) in [6.07, 6.45) is 0. The van der Waals surface area contributed by atoms with Gasteiger partial charge in [0.25, 0.3) is 5.69 Å². The maximum atomic E-state index is 12.2. The van der Waals surface area contributed by atoms with E-state index in [1.807, 2.05) is 0 Å². The molecule has 10 heteroatoms. The van der Waals surface area contributed by atoms with Crippen LogP contribution in [0.4, 0.5) is 11.4 Å². The van der Waals surface area contributed by atoms with Crippen molar-refractivity contribution < 1.29 is 13.3 Å². The van der Waals surface area contributed by atoms with Gasteiger partial charge in [-0.2, -0.15) is 0 Å². The van der Waals surface area contributed by atoms with Gasteiger partial charge < -0.3 is 5.73 Å². The number of hydrogen-bond acceptors (Lipinski definition) is 7. The molecule has 0 amide bonds. The summed E-state index contributed by atoms with van der Waals surface area (Å²) < 4.78 is 26.7. The molecule has 0 atom stereocenters. The van der Waals surface area contributed by atoms with E-state index >= 15 is 0 Å². The van der Waals surface area contributed by atoms with Crippen LogP contribution in [0.5, 0.6) is 0 Å². The van der Waals surface area contributed by atoms with Gasteiger partial charge in [-0.25, -0.2) is 18.1 Å². The Kier molecular flexibility index (Phi) is 4.21. The van der Waals surface area contributed by atoms with Gasteiger partial charge in [0.15, 0.2) is 4.90 Å². The first-order valence-corrected chi connectivity index (χ1v) is 8.10. The number of aromatic nitrogens is 1. The van der Waals surface area contributed by atoms with E-state index in [1.165, 1.54) is 17.4 Å². The van der Waals surface area contributed by atoms with E-state index < -0.39 is 25.5 Å². The van der Waals surface area contributed by atoms with Crippen molar-refractivity contribution in [3.63, 3.8) is 0 Å². The standard InChI is InChI=1S/C11H12N4O4S2/c1-7-6-20-11(14-7)5-13-21(18,19)10-4-8(12)2-3-9(10)15(16)17/h2-4,6,13H,5,12H2,1H3. The second-order valence-corrected chi connectivity index (χ2v) is 6.87. The summed E-state index contributed by atoms with van der Waals surface area (Å²) in [5, 5.41) is 13.3. The highest BCUT2D eigenvalue weighted by atomic mass is 32.2. The van der Waals surface area contributed by atoms with Gasteiger partial charge in [-0.05, 0) is 19.1 Å². The SMILES string of the molecule is Cc1csc(CNS(=O)(=O)c2cc(N)ccc2[N+](=O)[O-])n1. The number of thiazole rings is 1. The van der Waals surface area contributed by atoms with Gasteiger partial charge >= 0.3 is 0 Å². The number of anilines is 1. The van der Waals surface area contributed by atoms with Gasteiger partial charge in [0, 0.05) is 22.8 Å². The highest BCUT2D eigenvalue weighted by molar-refractivity contribution is 7.89. The van der Waals surface area contributed by atoms with Crippen molar-refractivity contribution in [1.82, 2.24) is 9.71 Å². The van der Waals surface area contributed by atoms with Crippen LogP contribution in [0, 0.1) is 17.0 Å². The van der Waals surface area contributed by atoms with Crippen LogP contribution in [0.2, 0.25) is 0 Å². The number of nitrogens with zero attached hydrogens (tertiary/aromatic N) is 2. The molecule has 1 heterocycles. The topological polar surface area (TPSA) is 128 Å². The highest BCUT2D eigenvalue weighted by Crippen LogP contribution is 2.26. The van der Waals surface area contributed by atoms with Crippen molar-refractivity contribution in [3.8, 4) is 0 Å². The monoisotopic (exact) mass is 328 g/mol. The molecule has 0 unspecified atom stereocenters. The second-order valence-electron chi connectivity index (χ2n) is 4.19. The minimum absolute atomic E-state index is 0.0349. The average molecular weight is 328 g/mol. The third kappa shape index (κ3) is 3.54. The number of nitrogen functional groups attached to an aromatic ring is 1. The number of sulfonamides is 1. The normalized spacial score (nSPS) is 11.5. The van der Waals surface area contributed by atoms with Gasteiger partial charge in [-0.15, -0.1) is 11.3 Å². The van der Waals surface area contributed by atoms with Crippen molar-refractivity contribution in [2.75, 3.05) is 5.73 Å². The maximum absolute atomic E-state index is 12.2. The molecule has 0 aliphatic heterocycles. The molecular weight excluding hydrogens is 316 g/mol. The van der Waals surface area contributed by atoms with Crippen LogP contribution in [0.15, 0.2) is 28.5 Å². The number of nitro benzene ring substituents is 1. The van der Waals surface area contributed by atoms with Crippen LogP contribution in [-0.2, 0) is 16.6 Å². The van der Waals surface area contributed by atoms with E-state index in [0.29, 0.717) is 5.01 Å². The van der Waals surface area contributed by atoms with Crippen LogP contribution >= 0.6 is 11.3 Å². The molecule has 21 heavy (non-hydrogen) atoms. The van der Waals surface area contributed by atoms with E-state index in [-0.39, 0.29) is 12.2 Å². The van der Waals surface area contributed by atoms with Gasteiger partial charge in [0.2, 0.25) is 10.0 Å². The van der Waals surface area contributed by atoms with Crippen molar-refractivity contribution >= 4 is 32.7 Å².